The van der Waals surface area contributed by atoms with E-state index < -0.39 is 34.5 Å². The van der Waals surface area contributed by atoms with Crippen molar-refractivity contribution >= 4 is 39.2 Å². The van der Waals surface area contributed by atoms with Crippen LogP contribution in [0.2, 0.25) is 0 Å². The van der Waals surface area contributed by atoms with Gasteiger partial charge in [-0.1, -0.05) is 24.3 Å². The molecule has 2 aromatic carbocycles. The van der Waals surface area contributed by atoms with E-state index in [1.54, 1.807) is 42.5 Å². The van der Waals surface area contributed by atoms with E-state index in [2.05, 4.69) is 15.0 Å². The number of esters is 1. The molecule has 0 fully saturated rings. The fraction of sp³-hybridized carbons (Fsp3) is 0.200. The van der Waals surface area contributed by atoms with Crippen LogP contribution in [0.4, 0.5) is 5.69 Å². The average molecular weight is 429 g/mol. The second-order valence-corrected chi connectivity index (χ2v) is 8.16. The molecule has 2 aromatic rings. The minimum Gasteiger partial charge on any atom is -0.454 e. The predicted molar refractivity (Wildman–Crippen MR) is 109 cm³/mol. The molecule has 0 bridgehead atoms. The molecule has 0 aromatic heterocycles. The Morgan fingerprint density at radius 2 is 1.77 bits per heavy atom. The van der Waals surface area contributed by atoms with Crippen LogP contribution in [0.25, 0.3) is 0 Å². The number of benzene rings is 2. The average Bonchev–Trinajstić information content (AvgIpc) is 2.96. The van der Waals surface area contributed by atoms with Gasteiger partial charge >= 0.3 is 5.97 Å². The number of anilines is 1. The Bertz CT molecular complexity index is 1160. The zero-order valence-corrected chi connectivity index (χ0v) is 17.0. The number of carbonyl (C=O) groups excluding carboxylic acids is 3. The zero-order valence-electron chi connectivity index (χ0n) is 16.2. The van der Waals surface area contributed by atoms with Gasteiger partial charge in [0.1, 0.15) is 11.9 Å². The monoisotopic (exact) mass is 429 g/mol. The molecule has 0 radical (unpaired) electrons. The van der Waals surface area contributed by atoms with Crippen molar-refractivity contribution in [1.82, 2.24) is 4.72 Å². The molecule has 0 aliphatic carbocycles. The maximum atomic E-state index is 12.2. The van der Waals surface area contributed by atoms with E-state index in [1.165, 1.54) is 19.9 Å². The molecule has 0 spiro atoms. The summed E-state index contributed by atoms with van der Waals surface area (Å²) in [6.45, 7) is 2.22. The smallest absolute Gasteiger partial charge is 0.331 e. The summed E-state index contributed by atoms with van der Waals surface area (Å²) >= 11 is 0. The first-order valence-corrected chi connectivity index (χ1v) is 10.4. The largest absolute Gasteiger partial charge is 0.454 e. The summed E-state index contributed by atoms with van der Waals surface area (Å²) in [5, 5.41) is 2.52. The lowest BCUT2D eigenvalue weighted by atomic mass is 10.1. The topological polar surface area (TPSA) is 131 Å². The minimum absolute atomic E-state index is 0.0369. The standard InChI is InChI=1S/C20H19N3O6S/c1-12(21-19-15-8-4-6-10-17(15)30(27,28)23-19)20(26)29-11-18(25)22-16-9-5-3-7-14(16)13(2)24/h3-10,12H,11H2,1-2H3,(H,21,23)(H,22,25)/t12-/m0/s1. The maximum absolute atomic E-state index is 12.2. The van der Waals surface area contributed by atoms with Gasteiger partial charge in [0, 0.05) is 11.1 Å². The van der Waals surface area contributed by atoms with Crippen molar-refractivity contribution in [3.63, 3.8) is 0 Å². The molecule has 10 heteroatoms. The van der Waals surface area contributed by atoms with Gasteiger partial charge in [0.25, 0.3) is 15.9 Å². The van der Waals surface area contributed by atoms with Crippen molar-refractivity contribution in [1.29, 1.82) is 0 Å². The summed E-state index contributed by atoms with van der Waals surface area (Å²) in [4.78, 5) is 40.0. The van der Waals surface area contributed by atoms with E-state index in [1.807, 2.05) is 0 Å². The van der Waals surface area contributed by atoms with Crippen molar-refractivity contribution in [2.24, 2.45) is 4.99 Å². The van der Waals surface area contributed by atoms with Gasteiger partial charge in [0.05, 0.1) is 10.6 Å². The third-order valence-electron chi connectivity index (χ3n) is 4.25. The molecule has 1 amide bonds. The van der Waals surface area contributed by atoms with E-state index in [4.69, 9.17) is 4.74 Å². The number of sulfonamides is 1. The Kier molecular flexibility index (Phi) is 5.97. The SMILES string of the molecule is CC(=O)c1ccccc1NC(=O)COC(=O)[C@H](C)N=C1NS(=O)(=O)c2ccccc21. The van der Waals surface area contributed by atoms with E-state index in [0.29, 0.717) is 16.8 Å². The van der Waals surface area contributed by atoms with Gasteiger partial charge in [-0.15, -0.1) is 0 Å². The van der Waals surface area contributed by atoms with Crippen LogP contribution < -0.4 is 10.0 Å². The number of hydrogen-bond donors (Lipinski definition) is 2. The molecule has 156 valence electrons. The summed E-state index contributed by atoms with van der Waals surface area (Å²) < 4.78 is 31.5. The zero-order chi connectivity index (χ0) is 21.9. The number of para-hydroxylation sites is 1. The summed E-state index contributed by atoms with van der Waals surface area (Å²) in [5.41, 5.74) is 1.01. The van der Waals surface area contributed by atoms with Crippen LogP contribution in [0.5, 0.6) is 0 Å². The molecular formula is C20H19N3O6S. The summed E-state index contributed by atoms with van der Waals surface area (Å²) in [5.74, 6) is -1.61. The van der Waals surface area contributed by atoms with Gasteiger partial charge < -0.3 is 10.1 Å². The number of rotatable bonds is 6. The molecule has 30 heavy (non-hydrogen) atoms. The van der Waals surface area contributed by atoms with Gasteiger partial charge in [0.15, 0.2) is 12.4 Å². The van der Waals surface area contributed by atoms with Crippen molar-refractivity contribution in [2.45, 2.75) is 24.8 Å². The van der Waals surface area contributed by atoms with E-state index in [-0.39, 0.29) is 16.5 Å². The van der Waals surface area contributed by atoms with Gasteiger partial charge in [-0.25, -0.2) is 13.2 Å². The van der Waals surface area contributed by atoms with Crippen LogP contribution in [0.1, 0.15) is 29.8 Å². The van der Waals surface area contributed by atoms with E-state index in [9.17, 15) is 22.8 Å². The Balaban J connectivity index is 1.63. The van der Waals surface area contributed by atoms with Crippen LogP contribution >= 0.6 is 0 Å². The first-order chi connectivity index (χ1) is 14.2. The highest BCUT2D eigenvalue weighted by atomic mass is 32.2. The van der Waals surface area contributed by atoms with Crippen molar-refractivity contribution < 1.29 is 27.5 Å². The van der Waals surface area contributed by atoms with Crippen molar-refractivity contribution in [3.8, 4) is 0 Å². The molecule has 2 N–H and O–H groups in total. The van der Waals surface area contributed by atoms with Crippen molar-refractivity contribution in [3.05, 3.63) is 59.7 Å². The van der Waals surface area contributed by atoms with Gasteiger partial charge in [0.2, 0.25) is 0 Å². The molecule has 0 unspecified atom stereocenters. The number of amides is 1. The number of ether oxygens (including phenoxy) is 1. The molecule has 1 heterocycles. The first kappa shape index (κ1) is 21.2. The molecular weight excluding hydrogens is 410 g/mol. The fourth-order valence-corrected chi connectivity index (χ4v) is 4.06. The van der Waals surface area contributed by atoms with Crippen LogP contribution in [0.15, 0.2) is 58.4 Å². The number of aliphatic imine (C=N–C) groups is 1. The highest BCUT2D eigenvalue weighted by Crippen LogP contribution is 2.22. The molecule has 0 saturated carbocycles. The fourth-order valence-electron chi connectivity index (χ4n) is 2.82. The third kappa shape index (κ3) is 4.54. The summed E-state index contributed by atoms with van der Waals surface area (Å²) in [6, 6.07) is 11.7. The van der Waals surface area contributed by atoms with E-state index >= 15 is 0 Å². The number of ketones is 1. The third-order valence-corrected chi connectivity index (χ3v) is 5.65. The van der Waals surface area contributed by atoms with Gasteiger partial charge in [-0.3, -0.25) is 19.3 Å². The second kappa shape index (κ2) is 8.46. The summed E-state index contributed by atoms with van der Waals surface area (Å²) in [6.07, 6.45) is 0. The minimum atomic E-state index is -3.72. The van der Waals surface area contributed by atoms with Crippen LogP contribution in [-0.4, -0.2) is 44.6 Å². The predicted octanol–water partition coefficient (Wildman–Crippen LogP) is 1.50. The lowest BCUT2D eigenvalue weighted by Crippen LogP contribution is -2.29. The van der Waals surface area contributed by atoms with Crippen molar-refractivity contribution in [2.75, 3.05) is 11.9 Å². The number of fused-ring (bicyclic) bond motifs is 1. The number of hydrogen-bond acceptors (Lipinski definition) is 7. The number of carbonyl (C=O) groups is 3. The van der Waals surface area contributed by atoms with Crippen LogP contribution in [0, 0.1) is 0 Å². The lowest BCUT2D eigenvalue weighted by Gasteiger charge is -2.11. The van der Waals surface area contributed by atoms with Crippen LogP contribution in [0.3, 0.4) is 0 Å². The number of nitrogens with one attached hydrogen (secondary N) is 2. The Morgan fingerprint density at radius 3 is 2.50 bits per heavy atom. The molecule has 1 atom stereocenters. The second-order valence-electron chi connectivity index (χ2n) is 6.51. The maximum Gasteiger partial charge on any atom is 0.331 e. The highest BCUT2D eigenvalue weighted by Gasteiger charge is 2.31. The molecule has 1 aliphatic heterocycles. The van der Waals surface area contributed by atoms with E-state index in [0.717, 1.165) is 0 Å². The Hall–Kier alpha value is -3.53. The number of nitrogens with zero attached hydrogens (tertiary/aromatic N) is 1. The van der Waals surface area contributed by atoms with Gasteiger partial charge in [-0.05, 0) is 38.1 Å². The molecule has 0 saturated heterocycles. The number of amidine groups is 1. The normalized spacial score (nSPS) is 16.3. The molecule has 3 rings (SSSR count). The Morgan fingerprint density at radius 1 is 1.10 bits per heavy atom. The highest BCUT2D eigenvalue weighted by molar-refractivity contribution is 7.90. The molecule has 9 nitrogen and oxygen atoms in total. The Labute approximate surface area is 173 Å². The van der Waals surface area contributed by atoms with Crippen LogP contribution in [-0.2, 0) is 24.3 Å². The van der Waals surface area contributed by atoms with Gasteiger partial charge in [-0.2, -0.15) is 0 Å². The first-order valence-electron chi connectivity index (χ1n) is 8.95. The quantitative estimate of drug-likeness (QED) is 0.528. The number of Topliss-reactive ketones (excluding diaryl/α,β-unsaturated/α-hetero) is 1. The lowest BCUT2D eigenvalue weighted by molar-refractivity contribution is -0.148. The molecule has 1 aliphatic rings. The summed E-state index contributed by atoms with van der Waals surface area (Å²) in [7, 11) is -3.72.